The molecule has 7 heteroatoms. The Balaban J connectivity index is 2.01. The lowest BCUT2D eigenvalue weighted by molar-refractivity contribution is -0.119. The van der Waals surface area contributed by atoms with Crippen LogP contribution in [0.15, 0.2) is 42.5 Å². The largest absolute Gasteiger partial charge is 0.494 e. The number of ether oxygens (including phenoxy) is 1. The van der Waals surface area contributed by atoms with E-state index >= 15 is 0 Å². The molecule has 0 saturated heterocycles. The Morgan fingerprint density at radius 2 is 1.68 bits per heavy atom. The summed E-state index contributed by atoms with van der Waals surface area (Å²) in [7, 11) is 0. The van der Waals surface area contributed by atoms with Gasteiger partial charge in [-0.15, -0.1) is 0 Å². The van der Waals surface area contributed by atoms with Crippen LogP contribution in [0.4, 0.5) is 10.1 Å². The van der Waals surface area contributed by atoms with E-state index in [4.69, 9.17) is 4.74 Å². The normalized spacial score (nSPS) is 15.7. The minimum atomic E-state index is -0.374. The average molecular weight is 526 g/mol. The second-order valence-electron chi connectivity index (χ2n) is 11.0. The van der Waals surface area contributed by atoms with E-state index in [-0.39, 0.29) is 30.1 Å². The molecule has 0 aliphatic carbocycles. The number of carbonyl (C=O) groups is 2. The van der Waals surface area contributed by atoms with Crippen LogP contribution >= 0.6 is 0 Å². The zero-order valence-electron chi connectivity index (χ0n) is 23.7. The summed E-state index contributed by atoms with van der Waals surface area (Å²) in [6.45, 7) is 14.9. The van der Waals surface area contributed by atoms with E-state index in [1.165, 1.54) is 12.1 Å². The van der Waals surface area contributed by atoms with Gasteiger partial charge in [-0.25, -0.2) is 4.39 Å². The third kappa shape index (κ3) is 8.55. The summed E-state index contributed by atoms with van der Waals surface area (Å²) in [6, 6.07) is 11.8. The number of carbonyl (C=O) groups excluding carboxylic acids is 2. The van der Waals surface area contributed by atoms with Crippen molar-refractivity contribution in [2.24, 2.45) is 11.8 Å². The summed E-state index contributed by atoms with van der Waals surface area (Å²) >= 11 is 0. The first-order valence-corrected chi connectivity index (χ1v) is 14.0. The summed E-state index contributed by atoms with van der Waals surface area (Å²) in [5.41, 5.74) is 1.87. The quantitative estimate of drug-likeness (QED) is 0.445. The Kier molecular flexibility index (Phi) is 11.1. The summed E-state index contributed by atoms with van der Waals surface area (Å²) in [5, 5.41) is 0. The van der Waals surface area contributed by atoms with Crippen molar-refractivity contribution in [3.8, 4) is 5.75 Å². The van der Waals surface area contributed by atoms with E-state index in [1.807, 2.05) is 37.8 Å². The predicted octanol–water partition coefficient (Wildman–Crippen LogP) is 6.00. The highest BCUT2D eigenvalue weighted by atomic mass is 19.1. The number of halogens is 1. The molecule has 2 aromatic rings. The van der Waals surface area contributed by atoms with Gasteiger partial charge in [0.2, 0.25) is 5.91 Å². The molecule has 0 fully saturated rings. The van der Waals surface area contributed by atoms with Crippen LogP contribution in [0.2, 0.25) is 0 Å². The molecule has 6 nitrogen and oxygen atoms in total. The molecule has 3 rings (SSSR count). The van der Waals surface area contributed by atoms with E-state index in [2.05, 4.69) is 18.7 Å². The van der Waals surface area contributed by atoms with Crippen molar-refractivity contribution in [3.63, 3.8) is 0 Å². The van der Waals surface area contributed by atoms with E-state index in [9.17, 15) is 14.0 Å². The number of nitrogens with zero attached hydrogens (tertiary/aromatic N) is 3. The summed E-state index contributed by atoms with van der Waals surface area (Å²) < 4.78 is 20.1. The summed E-state index contributed by atoms with van der Waals surface area (Å²) in [5.74, 6) is 0.899. The molecule has 0 atom stereocenters. The van der Waals surface area contributed by atoms with Crippen molar-refractivity contribution in [2.45, 2.75) is 60.4 Å². The van der Waals surface area contributed by atoms with Crippen molar-refractivity contribution in [2.75, 3.05) is 44.2 Å². The van der Waals surface area contributed by atoms with E-state index in [0.717, 1.165) is 32.5 Å². The number of fused-ring (bicyclic) bond motifs is 1. The molecule has 208 valence electrons. The number of hydrogen-bond acceptors (Lipinski definition) is 4. The van der Waals surface area contributed by atoms with Crippen molar-refractivity contribution in [1.82, 2.24) is 9.80 Å². The lowest BCUT2D eigenvalue weighted by atomic mass is 10.1. The lowest BCUT2D eigenvalue weighted by Gasteiger charge is -2.32. The fourth-order valence-electron chi connectivity index (χ4n) is 5.06. The lowest BCUT2D eigenvalue weighted by Crippen LogP contribution is -2.40. The van der Waals surface area contributed by atoms with Gasteiger partial charge in [0.25, 0.3) is 5.91 Å². The SMILES string of the molecule is CCOc1cccc(C(=O)N2CCCN(CC(C)C)CCCN(C(=O)CC(C)C)c3ccc(F)cc3C2)c1. The van der Waals surface area contributed by atoms with E-state index in [1.54, 1.807) is 23.1 Å². The van der Waals surface area contributed by atoms with Crippen molar-refractivity contribution >= 4 is 17.5 Å². The smallest absolute Gasteiger partial charge is 0.254 e. The van der Waals surface area contributed by atoms with Gasteiger partial charge in [-0.1, -0.05) is 33.8 Å². The number of rotatable bonds is 7. The maximum Gasteiger partial charge on any atom is 0.254 e. The second-order valence-corrected chi connectivity index (χ2v) is 11.0. The van der Waals surface area contributed by atoms with Gasteiger partial charge < -0.3 is 19.4 Å². The molecule has 0 aromatic heterocycles. The molecule has 1 aliphatic heterocycles. The van der Waals surface area contributed by atoms with Gasteiger partial charge in [-0.3, -0.25) is 9.59 Å². The molecule has 0 unspecified atom stereocenters. The highest BCUT2D eigenvalue weighted by molar-refractivity contribution is 5.96. The van der Waals surface area contributed by atoms with E-state index < -0.39 is 0 Å². The minimum absolute atomic E-state index is 0.0302. The first-order valence-electron chi connectivity index (χ1n) is 14.0. The van der Waals surface area contributed by atoms with Gasteiger partial charge in [0.05, 0.1) is 6.61 Å². The van der Waals surface area contributed by atoms with Crippen molar-refractivity contribution in [3.05, 3.63) is 59.4 Å². The molecule has 2 aromatic carbocycles. The zero-order valence-corrected chi connectivity index (χ0v) is 23.7. The topological polar surface area (TPSA) is 53.1 Å². The maximum absolute atomic E-state index is 14.5. The Bertz CT molecular complexity index is 1070. The molecule has 0 N–H and O–H groups in total. The van der Waals surface area contributed by atoms with Gasteiger partial charge in [-0.05, 0) is 86.7 Å². The fraction of sp³-hybridized carbons (Fsp3) is 0.548. The maximum atomic E-state index is 14.5. The standard InChI is InChI=1S/C31H44FN3O3/c1-6-38-28-11-7-10-25(20-28)31(37)34-16-8-14-33(21-24(4)5)15-9-17-35(30(36)18-23(2)3)29-13-12-27(32)19-26(29)22-34/h7,10-13,19-20,23-24H,6,8-9,14-18,21-22H2,1-5H3. The van der Waals surface area contributed by atoms with Crippen molar-refractivity contribution in [1.29, 1.82) is 0 Å². The van der Waals surface area contributed by atoms with Crippen LogP contribution in [0.5, 0.6) is 5.75 Å². The first-order chi connectivity index (χ1) is 18.2. The van der Waals surface area contributed by atoms with Gasteiger partial charge in [0.15, 0.2) is 0 Å². The van der Waals surface area contributed by atoms with Gasteiger partial charge in [-0.2, -0.15) is 0 Å². The number of anilines is 1. The molecule has 0 bridgehead atoms. The van der Waals surface area contributed by atoms with Crippen LogP contribution in [0, 0.1) is 17.7 Å². The molecule has 0 radical (unpaired) electrons. The number of hydrogen-bond donors (Lipinski definition) is 0. The zero-order chi connectivity index (χ0) is 27.7. The molecule has 0 saturated carbocycles. The number of amides is 2. The Labute approximate surface area is 227 Å². The summed E-state index contributed by atoms with van der Waals surface area (Å²) in [6.07, 6.45) is 2.06. The van der Waals surface area contributed by atoms with Crippen LogP contribution < -0.4 is 9.64 Å². The molecule has 2 amide bonds. The third-order valence-electron chi connectivity index (χ3n) is 6.64. The molecule has 0 spiro atoms. The number of benzene rings is 2. The molecule has 1 aliphatic rings. The predicted molar refractivity (Wildman–Crippen MR) is 151 cm³/mol. The highest BCUT2D eigenvalue weighted by Gasteiger charge is 2.25. The highest BCUT2D eigenvalue weighted by Crippen LogP contribution is 2.27. The van der Waals surface area contributed by atoms with Crippen molar-refractivity contribution < 1.29 is 18.7 Å². The Morgan fingerprint density at radius 1 is 0.947 bits per heavy atom. The van der Waals surface area contributed by atoms with Crippen LogP contribution in [0.25, 0.3) is 0 Å². The average Bonchev–Trinajstić information content (AvgIpc) is 2.85. The van der Waals surface area contributed by atoms with Gasteiger partial charge >= 0.3 is 0 Å². The van der Waals surface area contributed by atoms with Crippen LogP contribution in [-0.2, 0) is 11.3 Å². The fourth-order valence-corrected chi connectivity index (χ4v) is 5.06. The van der Waals surface area contributed by atoms with Gasteiger partial charge in [0.1, 0.15) is 11.6 Å². The second kappa shape index (κ2) is 14.3. The first kappa shape index (κ1) is 29.6. The third-order valence-corrected chi connectivity index (χ3v) is 6.64. The van der Waals surface area contributed by atoms with Gasteiger partial charge in [0, 0.05) is 43.9 Å². The van der Waals surface area contributed by atoms with Crippen LogP contribution in [-0.4, -0.2) is 60.9 Å². The summed E-state index contributed by atoms with van der Waals surface area (Å²) in [4.78, 5) is 33.2. The monoisotopic (exact) mass is 525 g/mol. The van der Waals surface area contributed by atoms with Crippen LogP contribution in [0.1, 0.15) is 69.8 Å². The molecular formula is C31H44FN3O3. The molecular weight excluding hydrogens is 481 g/mol. The molecule has 38 heavy (non-hydrogen) atoms. The molecule has 1 heterocycles. The Morgan fingerprint density at radius 3 is 2.37 bits per heavy atom. The Hall–Kier alpha value is -2.93. The van der Waals surface area contributed by atoms with E-state index in [0.29, 0.717) is 54.6 Å². The van der Waals surface area contributed by atoms with Crippen LogP contribution in [0.3, 0.4) is 0 Å². The minimum Gasteiger partial charge on any atom is -0.494 e.